The first kappa shape index (κ1) is 20.2. The molecule has 1 rings (SSSR count). The van der Waals surface area contributed by atoms with Crippen LogP contribution in [0.4, 0.5) is 0 Å². The summed E-state index contributed by atoms with van der Waals surface area (Å²) in [5, 5.41) is 5.68. The zero-order chi connectivity index (χ0) is 18.1. The van der Waals surface area contributed by atoms with E-state index in [2.05, 4.69) is 31.4 Å². The van der Waals surface area contributed by atoms with Gasteiger partial charge >= 0.3 is 0 Å². The monoisotopic (exact) mass is 334 g/mol. The molecule has 0 aliphatic rings. The van der Waals surface area contributed by atoms with Gasteiger partial charge in [0, 0.05) is 24.2 Å². The predicted octanol–water partition coefficient (Wildman–Crippen LogP) is 1.00. The number of nitrogens with one attached hydrogen (secondary N) is 3. The number of hydrogen-bond donors (Lipinski definition) is 3. The Morgan fingerprint density at radius 3 is 2.25 bits per heavy atom. The molecular formula is C19H32N3O2+. The van der Waals surface area contributed by atoms with E-state index >= 15 is 0 Å². The number of amides is 2. The zero-order valence-electron chi connectivity index (χ0n) is 15.6. The van der Waals surface area contributed by atoms with Gasteiger partial charge in [-0.25, -0.2) is 0 Å². The zero-order valence-corrected chi connectivity index (χ0v) is 15.6. The highest BCUT2D eigenvalue weighted by Gasteiger charge is 2.13. The van der Waals surface area contributed by atoms with E-state index in [9.17, 15) is 9.59 Å². The fraction of sp³-hybridized carbons (Fsp3) is 0.579. The molecule has 5 nitrogen and oxygen atoms in total. The van der Waals surface area contributed by atoms with Gasteiger partial charge in [-0.2, -0.15) is 0 Å². The summed E-state index contributed by atoms with van der Waals surface area (Å²) in [5.41, 5.74) is 1.76. The third kappa shape index (κ3) is 7.59. The van der Waals surface area contributed by atoms with E-state index in [1.54, 1.807) is 7.05 Å². The molecule has 1 aromatic carbocycles. The largest absolute Gasteiger partial charge is 0.355 e. The molecule has 0 saturated carbocycles. The summed E-state index contributed by atoms with van der Waals surface area (Å²) in [7, 11) is 3.62. The van der Waals surface area contributed by atoms with Crippen LogP contribution in [0.25, 0.3) is 0 Å². The maximum absolute atomic E-state index is 12.1. The number of quaternary nitrogens is 1. The van der Waals surface area contributed by atoms with Crippen molar-refractivity contribution in [2.75, 3.05) is 20.6 Å². The van der Waals surface area contributed by atoms with Crippen LogP contribution in [0.2, 0.25) is 0 Å². The molecule has 0 bridgehead atoms. The first-order chi connectivity index (χ1) is 11.3. The van der Waals surface area contributed by atoms with E-state index < -0.39 is 0 Å². The van der Waals surface area contributed by atoms with Crippen molar-refractivity contribution < 1.29 is 14.5 Å². The smallest absolute Gasteiger partial charge is 0.275 e. The average Bonchev–Trinajstić information content (AvgIpc) is 2.52. The maximum atomic E-state index is 12.1. The van der Waals surface area contributed by atoms with E-state index in [0.29, 0.717) is 18.0 Å². The third-order valence-electron chi connectivity index (χ3n) is 4.00. The maximum Gasteiger partial charge on any atom is 0.275 e. The minimum absolute atomic E-state index is 0.0861. The molecule has 134 valence electrons. The van der Waals surface area contributed by atoms with E-state index in [0.717, 1.165) is 29.8 Å². The van der Waals surface area contributed by atoms with E-state index in [1.807, 2.05) is 31.3 Å². The van der Waals surface area contributed by atoms with Crippen molar-refractivity contribution >= 4 is 11.8 Å². The van der Waals surface area contributed by atoms with Crippen LogP contribution in [0.1, 0.15) is 49.5 Å². The van der Waals surface area contributed by atoms with Crippen molar-refractivity contribution in [3.8, 4) is 0 Å². The molecule has 0 saturated heterocycles. The standard InChI is InChI=1S/C19H31N3O2/c1-14(2)6-7-15(3)21-18(23)13-22(5)12-16-8-10-17(11-9-16)19(24)20-4/h8-11,14-15H,6-7,12-13H2,1-5H3,(H,20,24)(H,21,23)/p+1/t15-/m0/s1. The number of carbonyl (C=O) groups excluding carboxylic acids is 2. The van der Waals surface area contributed by atoms with Gasteiger partial charge in [-0.05, 0) is 37.8 Å². The molecule has 0 aliphatic heterocycles. The second kappa shape index (κ2) is 10.1. The summed E-state index contributed by atoms with van der Waals surface area (Å²) < 4.78 is 0. The van der Waals surface area contributed by atoms with Gasteiger partial charge in [0.1, 0.15) is 6.54 Å². The van der Waals surface area contributed by atoms with Crippen LogP contribution in [-0.4, -0.2) is 38.5 Å². The summed E-state index contributed by atoms with van der Waals surface area (Å²) in [6.45, 7) is 7.65. The van der Waals surface area contributed by atoms with Crippen LogP contribution in [0.5, 0.6) is 0 Å². The number of benzene rings is 1. The summed E-state index contributed by atoms with van der Waals surface area (Å²) in [6, 6.07) is 7.74. The molecule has 2 atom stereocenters. The Balaban J connectivity index is 2.40. The quantitative estimate of drug-likeness (QED) is 0.631. The Labute approximate surface area is 145 Å². The third-order valence-corrected chi connectivity index (χ3v) is 4.00. The van der Waals surface area contributed by atoms with Crippen LogP contribution in [0.3, 0.4) is 0 Å². The number of rotatable bonds is 9. The summed E-state index contributed by atoms with van der Waals surface area (Å²) in [5.74, 6) is 0.665. The minimum Gasteiger partial charge on any atom is -0.355 e. The Hall–Kier alpha value is -1.88. The Bertz CT molecular complexity index is 526. The lowest BCUT2D eigenvalue weighted by Crippen LogP contribution is -3.09. The molecule has 0 radical (unpaired) electrons. The molecular weight excluding hydrogens is 302 g/mol. The van der Waals surface area contributed by atoms with Gasteiger partial charge in [0.15, 0.2) is 6.54 Å². The van der Waals surface area contributed by atoms with Gasteiger partial charge in [-0.3, -0.25) is 9.59 Å². The summed E-state index contributed by atoms with van der Waals surface area (Å²) >= 11 is 0. The first-order valence-corrected chi connectivity index (χ1v) is 8.73. The van der Waals surface area contributed by atoms with Crippen molar-refractivity contribution in [1.82, 2.24) is 10.6 Å². The average molecular weight is 334 g/mol. The second-order valence-electron chi connectivity index (χ2n) is 7.03. The molecule has 0 fully saturated rings. The lowest BCUT2D eigenvalue weighted by atomic mass is 10.0. The van der Waals surface area contributed by atoms with Gasteiger partial charge in [-0.15, -0.1) is 0 Å². The van der Waals surface area contributed by atoms with E-state index in [4.69, 9.17) is 0 Å². The van der Waals surface area contributed by atoms with Crippen LogP contribution in [-0.2, 0) is 11.3 Å². The minimum atomic E-state index is -0.0861. The second-order valence-corrected chi connectivity index (χ2v) is 7.03. The van der Waals surface area contributed by atoms with Crippen molar-refractivity contribution in [3.05, 3.63) is 35.4 Å². The van der Waals surface area contributed by atoms with Gasteiger partial charge in [0.2, 0.25) is 0 Å². The Kier molecular flexibility index (Phi) is 8.47. The van der Waals surface area contributed by atoms with Gasteiger partial charge in [0.05, 0.1) is 7.05 Å². The lowest BCUT2D eigenvalue weighted by molar-refractivity contribution is -0.885. The van der Waals surface area contributed by atoms with Crippen molar-refractivity contribution in [1.29, 1.82) is 0 Å². The molecule has 1 unspecified atom stereocenters. The molecule has 0 aromatic heterocycles. The highest BCUT2D eigenvalue weighted by atomic mass is 16.2. The normalized spacial score (nSPS) is 13.4. The topological polar surface area (TPSA) is 62.6 Å². The molecule has 0 aliphatic carbocycles. The van der Waals surface area contributed by atoms with Crippen LogP contribution >= 0.6 is 0 Å². The van der Waals surface area contributed by atoms with Crippen LogP contribution < -0.4 is 15.5 Å². The fourth-order valence-electron chi connectivity index (χ4n) is 2.58. The highest BCUT2D eigenvalue weighted by molar-refractivity contribution is 5.93. The lowest BCUT2D eigenvalue weighted by Gasteiger charge is -2.18. The molecule has 0 spiro atoms. The SMILES string of the molecule is CNC(=O)c1ccc(C[NH+](C)CC(=O)N[C@@H](C)CCC(C)C)cc1. The van der Waals surface area contributed by atoms with Crippen LogP contribution in [0.15, 0.2) is 24.3 Å². The molecule has 1 aromatic rings. The molecule has 2 amide bonds. The number of carbonyl (C=O) groups is 2. The number of likely N-dealkylation sites (N-methyl/N-ethyl adjacent to an activating group) is 1. The summed E-state index contributed by atoms with van der Waals surface area (Å²) in [4.78, 5) is 24.7. The van der Waals surface area contributed by atoms with Crippen molar-refractivity contribution in [3.63, 3.8) is 0 Å². The number of hydrogen-bond acceptors (Lipinski definition) is 2. The van der Waals surface area contributed by atoms with Gasteiger partial charge in [-0.1, -0.05) is 26.0 Å². The summed E-state index contributed by atoms with van der Waals surface area (Å²) in [6.07, 6.45) is 2.14. The Morgan fingerprint density at radius 1 is 1.08 bits per heavy atom. The fourth-order valence-corrected chi connectivity index (χ4v) is 2.58. The van der Waals surface area contributed by atoms with Crippen molar-refractivity contribution in [2.24, 2.45) is 5.92 Å². The Morgan fingerprint density at radius 2 is 1.71 bits per heavy atom. The van der Waals surface area contributed by atoms with E-state index in [-0.39, 0.29) is 17.9 Å². The molecule has 5 heteroatoms. The first-order valence-electron chi connectivity index (χ1n) is 8.73. The predicted molar refractivity (Wildman–Crippen MR) is 97.0 cm³/mol. The van der Waals surface area contributed by atoms with Gasteiger partial charge < -0.3 is 15.5 Å². The van der Waals surface area contributed by atoms with E-state index in [1.165, 1.54) is 0 Å². The van der Waals surface area contributed by atoms with Gasteiger partial charge in [0.25, 0.3) is 11.8 Å². The highest BCUT2D eigenvalue weighted by Crippen LogP contribution is 2.06. The molecule has 24 heavy (non-hydrogen) atoms. The van der Waals surface area contributed by atoms with Crippen LogP contribution in [0, 0.1) is 5.92 Å². The van der Waals surface area contributed by atoms with Crippen molar-refractivity contribution in [2.45, 2.75) is 46.2 Å². The molecule has 3 N–H and O–H groups in total. The molecule has 0 heterocycles.